The lowest BCUT2D eigenvalue weighted by Crippen LogP contribution is -2.35. The molecule has 0 unspecified atom stereocenters. The fourth-order valence-corrected chi connectivity index (χ4v) is 3.31. The van der Waals surface area contributed by atoms with E-state index < -0.39 is 11.7 Å². The lowest BCUT2D eigenvalue weighted by molar-refractivity contribution is 0.0530. The molecule has 3 rings (SSSR count). The summed E-state index contributed by atoms with van der Waals surface area (Å²) in [5.74, 6) is 1.91. The van der Waals surface area contributed by atoms with Crippen LogP contribution in [0.4, 0.5) is 21.6 Å². The molecule has 3 aromatic heterocycles. The Morgan fingerprint density at radius 1 is 1.09 bits per heavy atom. The van der Waals surface area contributed by atoms with Gasteiger partial charge in [0.15, 0.2) is 5.13 Å². The summed E-state index contributed by atoms with van der Waals surface area (Å²) in [6, 6.07) is 5.69. The number of thiazole rings is 1. The Labute approximate surface area is 193 Å². The van der Waals surface area contributed by atoms with Gasteiger partial charge in [0.2, 0.25) is 0 Å². The molecule has 1 amide bonds. The number of anilines is 3. The Hall–Kier alpha value is -3.27. The van der Waals surface area contributed by atoms with Crippen molar-refractivity contribution in [2.24, 2.45) is 0 Å². The highest BCUT2D eigenvalue weighted by atomic mass is 32.1. The molecule has 0 aliphatic rings. The molecule has 10 heteroatoms. The van der Waals surface area contributed by atoms with Gasteiger partial charge in [0.1, 0.15) is 23.1 Å². The van der Waals surface area contributed by atoms with Gasteiger partial charge >= 0.3 is 6.09 Å². The number of ether oxygens (including phenoxy) is 1. The highest BCUT2D eigenvalue weighted by Gasteiger charge is 2.15. The zero-order valence-electron chi connectivity index (χ0n) is 19.4. The number of carbonyl (C=O) groups is 1. The molecule has 0 fully saturated rings. The topological polar surface area (TPSA) is 114 Å². The van der Waals surface area contributed by atoms with Crippen LogP contribution in [0.3, 0.4) is 0 Å². The van der Waals surface area contributed by atoms with Gasteiger partial charge in [-0.2, -0.15) is 0 Å². The zero-order chi connectivity index (χ0) is 23.6. The highest BCUT2D eigenvalue weighted by Crippen LogP contribution is 2.30. The van der Waals surface area contributed by atoms with Crippen molar-refractivity contribution in [1.82, 2.24) is 25.3 Å². The molecule has 0 bridgehead atoms. The molecule has 0 radical (unpaired) electrons. The molecule has 0 saturated heterocycles. The van der Waals surface area contributed by atoms with Crippen LogP contribution in [0.5, 0.6) is 0 Å². The van der Waals surface area contributed by atoms with Gasteiger partial charge in [-0.3, -0.25) is 4.98 Å². The molecule has 3 heterocycles. The summed E-state index contributed by atoms with van der Waals surface area (Å²) in [6.45, 7) is 12.2. The van der Waals surface area contributed by atoms with Gasteiger partial charge in [-0.15, -0.1) is 0 Å². The average Bonchev–Trinajstić information content (AvgIpc) is 3.20. The first kappa shape index (κ1) is 25.0. The van der Waals surface area contributed by atoms with Gasteiger partial charge in [-0.25, -0.2) is 19.7 Å². The smallest absolute Gasteiger partial charge is 0.407 e. The van der Waals surface area contributed by atoms with E-state index in [2.05, 4.69) is 35.9 Å². The summed E-state index contributed by atoms with van der Waals surface area (Å²) >= 11 is 1.53. The number of amides is 1. The van der Waals surface area contributed by atoms with Gasteiger partial charge < -0.3 is 20.7 Å². The maximum atomic E-state index is 11.7. The van der Waals surface area contributed by atoms with E-state index >= 15 is 0 Å². The van der Waals surface area contributed by atoms with Crippen LogP contribution in [-0.2, 0) is 4.74 Å². The first-order valence-electron chi connectivity index (χ1n) is 10.5. The summed E-state index contributed by atoms with van der Waals surface area (Å²) in [6.07, 6.45) is 4.88. The molecular weight excluding hydrogens is 426 g/mol. The summed E-state index contributed by atoms with van der Waals surface area (Å²) in [7, 11) is 0. The second kappa shape index (κ2) is 11.9. The number of aromatic nitrogens is 4. The van der Waals surface area contributed by atoms with Crippen molar-refractivity contribution in [3.8, 4) is 10.4 Å². The SMILES string of the molecule is CC.Cc1nc(NCCNC(=O)OC(C)(C)C)cc(Nc2ncc(-c3ccncc3)s2)n1. The molecule has 32 heavy (non-hydrogen) atoms. The molecule has 0 atom stereocenters. The summed E-state index contributed by atoms with van der Waals surface area (Å²) in [5.41, 5.74) is 0.545. The van der Waals surface area contributed by atoms with Gasteiger partial charge in [0, 0.05) is 37.7 Å². The van der Waals surface area contributed by atoms with E-state index in [4.69, 9.17) is 4.74 Å². The summed E-state index contributed by atoms with van der Waals surface area (Å²) < 4.78 is 5.21. The first-order valence-corrected chi connectivity index (χ1v) is 11.3. The van der Waals surface area contributed by atoms with Gasteiger partial charge in [-0.05, 0) is 45.4 Å². The predicted molar refractivity (Wildman–Crippen MR) is 129 cm³/mol. The first-order chi connectivity index (χ1) is 15.3. The van der Waals surface area contributed by atoms with E-state index in [0.29, 0.717) is 30.5 Å². The fourth-order valence-electron chi connectivity index (χ4n) is 2.48. The van der Waals surface area contributed by atoms with Gasteiger partial charge in [-0.1, -0.05) is 25.2 Å². The van der Waals surface area contributed by atoms with E-state index in [0.717, 1.165) is 15.6 Å². The van der Waals surface area contributed by atoms with Gasteiger partial charge in [0.05, 0.1) is 4.88 Å². The van der Waals surface area contributed by atoms with Crippen LogP contribution in [0.15, 0.2) is 36.8 Å². The van der Waals surface area contributed by atoms with Crippen LogP contribution >= 0.6 is 11.3 Å². The molecule has 0 aliphatic heterocycles. The Balaban J connectivity index is 0.00000176. The molecule has 0 saturated carbocycles. The van der Waals surface area contributed by atoms with E-state index in [1.165, 1.54) is 11.3 Å². The number of alkyl carbamates (subject to hydrolysis) is 1. The van der Waals surface area contributed by atoms with Crippen molar-refractivity contribution < 1.29 is 9.53 Å². The van der Waals surface area contributed by atoms with Crippen molar-refractivity contribution in [3.05, 3.63) is 42.6 Å². The minimum atomic E-state index is -0.519. The van der Waals surface area contributed by atoms with Crippen LogP contribution in [-0.4, -0.2) is 44.7 Å². The molecule has 3 aromatic rings. The molecule has 0 aliphatic carbocycles. The number of carbonyl (C=O) groups excluding carboxylic acids is 1. The maximum Gasteiger partial charge on any atom is 0.407 e. The lowest BCUT2D eigenvalue weighted by atomic mass is 10.2. The third-order valence-corrected chi connectivity index (χ3v) is 4.60. The Morgan fingerprint density at radius 3 is 2.47 bits per heavy atom. The van der Waals surface area contributed by atoms with E-state index in [1.807, 2.05) is 59.9 Å². The Morgan fingerprint density at radius 2 is 1.78 bits per heavy atom. The highest BCUT2D eigenvalue weighted by molar-refractivity contribution is 7.18. The van der Waals surface area contributed by atoms with Crippen molar-refractivity contribution in [3.63, 3.8) is 0 Å². The van der Waals surface area contributed by atoms with Crippen molar-refractivity contribution >= 4 is 34.2 Å². The summed E-state index contributed by atoms with van der Waals surface area (Å²) in [4.78, 5) is 30.0. The Kier molecular flexibility index (Phi) is 9.33. The van der Waals surface area contributed by atoms with Crippen molar-refractivity contribution in [1.29, 1.82) is 0 Å². The lowest BCUT2D eigenvalue weighted by Gasteiger charge is -2.19. The van der Waals surface area contributed by atoms with Crippen LogP contribution in [0.2, 0.25) is 0 Å². The second-order valence-electron chi connectivity index (χ2n) is 7.43. The third kappa shape index (κ3) is 8.46. The molecule has 0 aromatic carbocycles. The maximum absolute atomic E-state index is 11.7. The monoisotopic (exact) mass is 457 g/mol. The number of pyridine rings is 1. The number of aryl methyl sites for hydroxylation is 1. The van der Waals surface area contributed by atoms with Crippen molar-refractivity contribution in [2.45, 2.75) is 47.1 Å². The summed E-state index contributed by atoms with van der Waals surface area (Å²) in [5, 5.41) is 9.83. The molecule has 172 valence electrons. The number of nitrogens with one attached hydrogen (secondary N) is 3. The Bertz CT molecular complexity index is 987. The minimum Gasteiger partial charge on any atom is -0.444 e. The third-order valence-electron chi connectivity index (χ3n) is 3.64. The van der Waals surface area contributed by atoms with Gasteiger partial charge in [0.25, 0.3) is 0 Å². The fraction of sp³-hybridized carbons (Fsp3) is 0.409. The predicted octanol–water partition coefficient (Wildman–Crippen LogP) is 5.01. The number of nitrogens with zero attached hydrogens (tertiary/aromatic N) is 4. The van der Waals surface area contributed by atoms with E-state index in [-0.39, 0.29) is 0 Å². The normalized spacial score (nSPS) is 10.6. The number of rotatable bonds is 7. The minimum absolute atomic E-state index is 0.405. The van der Waals surface area contributed by atoms with E-state index in [1.54, 1.807) is 18.5 Å². The van der Waals surface area contributed by atoms with E-state index in [9.17, 15) is 4.79 Å². The second-order valence-corrected chi connectivity index (χ2v) is 8.46. The molecule has 9 nitrogen and oxygen atoms in total. The number of hydrogen-bond acceptors (Lipinski definition) is 9. The van der Waals surface area contributed by atoms with Crippen LogP contribution in [0.25, 0.3) is 10.4 Å². The largest absolute Gasteiger partial charge is 0.444 e. The zero-order valence-corrected chi connectivity index (χ0v) is 20.2. The average molecular weight is 458 g/mol. The van der Waals surface area contributed by atoms with Crippen LogP contribution < -0.4 is 16.0 Å². The molecular formula is C22H31N7O2S. The molecule has 0 spiro atoms. The van der Waals surface area contributed by atoms with Crippen LogP contribution in [0, 0.1) is 6.92 Å². The quantitative estimate of drug-likeness (QED) is 0.424. The molecule has 3 N–H and O–H groups in total. The standard InChI is InChI=1S/C20H25N7O2S.C2H6/c1-13-25-16(22-9-10-23-19(28)29-20(2,3)4)11-17(26-13)27-18-24-12-15(30-18)14-5-7-21-8-6-14;1-2/h5-8,11-12H,9-10H2,1-4H3,(H,23,28)(H2,22,24,25,26,27);1-2H3. The van der Waals surface area contributed by atoms with Crippen LogP contribution in [0.1, 0.15) is 40.4 Å². The van der Waals surface area contributed by atoms with Crippen molar-refractivity contribution in [2.75, 3.05) is 23.7 Å². The number of hydrogen-bond donors (Lipinski definition) is 3.